The average molecular weight is 353 g/mol. The van der Waals surface area contributed by atoms with Crippen LogP contribution in [0.4, 0.5) is 4.79 Å². The Morgan fingerprint density at radius 1 is 1.12 bits per heavy atom. The second-order valence-electron chi connectivity index (χ2n) is 6.67. The molecule has 2 aliphatic rings. The Hall–Kier alpha value is -3.16. The van der Waals surface area contributed by atoms with Gasteiger partial charge in [-0.15, -0.1) is 0 Å². The van der Waals surface area contributed by atoms with Gasteiger partial charge in [0.2, 0.25) is 0 Å². The molecule has 2 heterocycles. The molecular formula is C18H19N5O3. The number of benzene rings is 1. The van der Waals surface area contributed by atoms with Crippen molar-refractivity contribution in [2.24, 2.45) is 0 Å². The van der Waals surface area contributed by atoms with E-state index in [9.17, 15) is 14.4 Å². The number of urea groups is 1. The third-order valence-corrected chi connectivity index (χ3v) is 5.01. The predicted molar refractivity (Wildman–Crippen MR) is 92.2 cm³/mol. The molecule has 0 unspecified atom stereocenters. The zero-order valence-electron chi connectivity index (χ0n) is 14.1. The molecule has 1 aromatic heterocycles. The minimum absolute atomic E-state index is 0.360. The second kappa shape index (κ2) is 6.29. The summed E-state index contributed by atoms with van der Waals surface area (Å²) in [6.45, 7) is 0. The molecule has 0 bridgehead atoms. The number of rotatable bonds is 3. The second-order valence-corrected chi connectivity index (χ2v) is 6.67. The zero-order chi connectivity index (χ0) is 18.1. The van der Waals surface area contributed by atoms with Crippen molar-refractivity contribution in [2.75, 3.05) is 0 Å². The van der Waals surface area contributed by atoms with Crippen LogP contribution in [0.1, 0.15) is 42.5 Å². The Labute approximate surface area is 150 Å². The molecule has 4 amide bonds. The normalized spacial score (nSPS) is 18.8. The summed E-state index contributed by atoms with van der Waals surface area (Å²) < 4.78 is 1.81. The first-order valence-corrected chi connectivity index (χ1v) is 8.65. The molecule has 1 aliphatic heterocycles. The predicted octanol–water partition coefficient (Wildman–Crippen LogP) is 1.77. The number of hydrogen-bond donors (Lipinski definition) is 2. The molecular weight excluding hydrogens is 334 g/mol. The molecule has 26 heavy (non-hydrogen) atoms. The number of nitrogens with one attached hydrogen (secondary N) is 2. The number of hydrazine groups is 1. The number of imide groups is 1. The quantitative estimate of drug-likeness (QED) is 0.822. The molecule has 1 saturated carbocycles. The minimum atomic E-state index is -0.853. The molecule has 1 aromatic carbocycles. The fourth-order valence-electron chi connectivity index (χ4n) is 3.58. The van der Waals surface area contributed by atoms with E-state index in [1.807, 2.05) is 4.57 Å². The number of aromatic nitrogens is 2. The Morgan fingerprint density at radius 2 is 1.85 bits per heavy atom. The van der Waals surface area contributed by atoms with Gasteiger partial charge >= 0.3 is 6.03 Å². The molecule has 2 N–H and O–H groups in total. The van der Waals surface area contributed by atoms with Crippen molar-refractivity contribution in [3.05, 3.63) is 48.5 Å². The Kier molecular flexibility index (Phi) is 3.95. The molecule has 0 atom stereocenters. The fraction of sp³-hybridized carbons (Fsp3) is 0.333. The van der Waals surface area contributed by atoms with Gasteiger partial charge in [0.15, 0.2) is 0 Å². The van der Waals surface area contributed by atoms with E-state index in [0.29, 0.717) is 18.4 Å². The van der Waals surface area contributed by atoms with E-state index in [0.717, 1.165) is 30.0 Å². The maximum Gasteiger partial charge on any atom is 0.344 e. The smallest absolute Gasteiger partial charge is 0.322 e. The van der Waals surface area contributed by atoms with Crippen LogP contribution < -0.4 is 10.7 Å². The van der Waals surface area contributed by atoms with Gasteiger partial charge in [0, 0.05) is 23.6 Å². The van der Waals surface area contributed by atoms with Crippen molar-refractivity contribution < 1.29 is 14.4 Å². The van der Waals surface area contributed by atoms with Crippen LogP contribution in [0.3, 0.4) is 0 Å². The van der Waals surface area contributed by atoms with Crippen molar-refractivity contribution in [2.45, 2.75) is 37.6 Å². The largest absolute Gasteiger partial charge is 0.344 e. The van der Waals surface area contributed by atoms with E-state index in [1.54, 1.807) is 43.0 Å². The molecule has 2 fully saturated rings. The van der Waals surface area contributed by atoms with Gasteiger partial charge in [-0.2, -0.15) is 5.01 Å². The number of carbonyl (C=O) groups is 3. The number of hydrogen-bond acceptors (Lipinski definition) is 4. The zero-order valence-corrected chi connectivity index (χ0v) is 14.1. The number of imidazole rings is 1. The van der Waals surface area contributed by atoms with Gasteiger partial charge in [-0.1, -0.05) is 19.3 Å². The molecule has 134 valence electrons. The van der Waals surface area contributed by atoms with Gasteiger partial charge in [-0.25, -0.2) is 9.78 Å². The Balaban J connectivity index is 1.47. The van der Waals surface area contributed by atoms with Crippen molar-refractivity contribution in [3.63, 3.8) is 0 Å². The Morgan fingerprint density at radius 3 is 2.50 bits per heavy atom. The molecule has 8 nitrogen and oxygen atoms in total. The van der Waals surface area contributed by atoms with Crippen molar-refractivity contribution in [1.29, 1.82) is 0 Å². The fourth-order valence-corrected chi connectivity index (χ4v) is 3.58. The van der Waals surface area contributed by atoms with Gasteiger partial charge < -0.3 is 9.88 Å². The van der Waals surface area contributed by atoms with Gasteiger partial charge in [-0.05, 0) is 37.1 Å². The molecule has 4 rings (SSSR count). The topological polar surface area (TPSA) is 96.3 Å². The van der Waals surface area contributed by atoms with Gasteiger partial charge in [0.1, 0.15) is 5.54 Å². The molecule has 1 spiro atoms. The molecule has 0 radical (unpaired) electrons. The highest BCUT2D eigenvalue weighted by Crippen LogP contribution is 2.33. The lowest BCUT2D eigenvalue weighted by Crippen LogP contribution is -2.50. The van der Waals surface area contributed by atoms with Gasteiger partial charge in [-0.3, -0.25) is 15.0 Å². The highest BCUT2D eigenvalue weighted by molar-refractivity contribution is 6.09. The Bertz CT molecular complexity index is 838. The lowest BCUT2D eigenvalue weighted by Gasteiger charge is -2.30. The van der Waals surface area contributed by atoms with Crippen LogP contribution in [0.15, 0.2) is 43.0 Å². The monoisotopic (exact) mass is 353 g/mol. The molecule has 1 aliphatic carbocycles. The van der Waals surface area contributed by atoms with Crippen LogP contribution in [0.5, 0.6) is 0 Å². The summed E-state index contributed by atoms with van der Waals surface area (Å²) in [5, 5.41) is 3.58. The van der Waals surface area contributed by atoms with E-state index >= 15 is 0 Å². The first-order chi connectivity index (χ1) is 12.6. The summed E-state index contributed by atoms with van der Waals surface area (Å²) in [4.78, 5) is 41.3. The van der Waals surface area contributed by atoms with Crippen LogP contribution >= 0.6 is 0 Å². The molecule has 2 aromatic rings. The summed E-state index contributed by atoms with van der Waals surface area (Å²) in [7, 11) is 0. The van der Waals surface area contributed by atoms with Gasteiger partial charge in [0.25, 0.3) is 11.8 Å². The SMILES string of the molecule is O=C(NN1C(=O)NC2(CCCCC2)C1=O)c1ccc(-n2ccnc2)cc1. The van der Waals surface area contributed by atoms with Crippen molar-refractivity contribution in [1.82, 2.24) is 25.3 Å². The maximum atomic E-state index is 12.7. The highest BCUT2D eigenvalue weighted by atomic mass is 16.2. The van der Waals surface area contributed by atoms with E-state index in [1.165, 1.54) is 0 Å². The summed E-state index contributed by atoms with van der Waals surface area (Å²) in [6.07, 6.45) is 9.19. The lowest BCUT2D eigenvalue weighted by atomic mass is 9.82. The minimum Gasteiger partial charge on any atom is -0.322 e. The maximum absolute atomic E-state index is 12.7. The number of amides is 4. The van der Waals surface area contributed by atoms with Crippen LogP contribution in [-0.2, 0) is 4.79 Å². The number of nitrogens with zero attached hydrogens (tertiary/aromatic N) is 3. The third kappa shape index (κ3) is 2.73. The van der Waals surface area contributed by atoms with Crippen LogP contribution in [-0.4, -0.2) is 37.9 Å². The van der Waals surface area contributed by atoms with E-state index in [-0.39, 0.29) is 5.91 Å². The highest BCUT2D eigenvalue weighted by Gasteiger charge is 2.52. The average Bonchev–Trinajstić information content (AvgIpc) is 3.27. The van der Waals surface area contributed by atoms with E-state index < -0.39 is 17.5 Å². The standard InChI is InChI=1S/C18H19N5O3/c24-15(13-4-6-14(7-5-13)22-11-10-19-12-22)21-23-16(25)18(20-17(23)26)8-2-1-3-9-18/h4-7,10-12H,1-3,8-9H2,(H,20,26)(H,21,24). The van der Waals surface area contributed by atoms with Crippen molar-refractivity contribution in [3.8, 4) is 5.69 Å². The lowest BCUT2D eigenvalue weighted by molar-refractivity contribution is -0.134. The van der Waals surface area contributed by atoms with Crippen LogP contribution in [0.25, 0.3) is 5.69 Å². The first-order valence-electron chi connectivity index (χ1n) is 8.65. The van der Waals surface area contributed by atoms with Crippen LogP contribution in [0, 0.1) is 0 Å². The summed E-state index contributed by atoms with van der Waals surface area (Å²) in [6, 6.07) is 6.25. The summed E-state index contributed by atoms with van der Waals surface area (Å²) in [5.41, 5.74) is 2.80. The van der Waals surface area contributed by atoms with E-state index in [2.05, 4.69) is 15.7 Å². The van der Waals surface area contributed by atoms with Crippen molar-refractivity contribution >= 4 is 17.8 Å². The first kappa shape index (κ1) is 16.3. The number of carbonyl (C=O) groups excluding carboxylic acids is 3. The molecule has 8 heteroatoms. The van der Waals surface area contributed by atoms with E-state index in [4.69, 9.17) is 0 Å². The van der Waals surface area contributed by atoms with Gasteiger partial charge in [0.05, 0.1) is 6.33 Å². The molecule has 1 saturated heterocycles. The summed E-state index contributed by atoms with van der Waals surface area (Å²) in [5.74, 6) is -0.871. The van der Waals surface area contributed by atoms with Crippen LogP contribution in [0.2, 0.25) is 0 Å². The summed E-state index contributed by atoms with van der Waals surface area (Å²) >= 11 is 0. The third-order valence-electron chi connectivity index (χ3n) is 5.01.